The molecule has 0 aliphatic heterocycles. The van der Waals surface area contributed by atoms with E-state index in [0.717, 1.165) is 24.2 Å². The van der Waals surface area contributed by atoms with Gasteiger partial charge >= 0.3 is 0 Å². The average molecular weight is 368 g/mol. The van der Waals surface area contributed by atoms with Crippen LogP contribution in [0, 0.1) is 0 Å². The second-order valence-electron chi connectivity index (χ2n) is 6.72. The van der Waals surface area contributed by atoms with E-state index in [1.807, 2.05) is 49.4 Å². The third-order valence-corrected chi connectivity index (χ3v) is 4.40. The molecule has 0 spiro atoms. The Hall–Kier alpha value is -2.82. The second-order valence-corrected chi connectivity index (χ2v) is 6.72. The van der Waals surface area contributed by atoms with Crippen molar-refractivity contribution in [2.75, 3.05) is 7.11 Å². The Morgan fingerprint density at radius 1 is 1.00 bits per heavy atom. The molecule has 0 aliphatic carbocycles. The number of carbonyl (C=O) groups excluding carboxylic acids is 2. The van der Waals surface area contributed by atoms with Gasteiger partial charge in [0.05, 0.1) is 19.6 Å². The average Bonchev–Trinajstić information content (AvgIpc) is 2.66. The molecule has 2 unspecified atom stereocenters. The summed E-state index contributed by atoms with van der Waals surface area (Å²) in [5.74, 6) is 0.491. The predicted octanol–water partition coefficient (Wildman–Crippen LogP) is 3.40. The number of amides is 2. The summed E-state index contributed by atoms with van der Waals surface area (Å²) in [5.41, 5.74) is 2.13. The molecule has 5 heteroatoms. The van der Waals surface area contributed by atoms with Crippen LogP contribution >= 0.6 is 0 Å². The van der Waals surface area contributed by atoms with Crippen molar-refractivity contribution in [1.29, 1.82) is 0 Å². The first-order valence-corrected chi connectivity index (χ1v) is 9.22. The fraction of sp³-hybridized carbons (Fsp3) is 0.364. The van der Waals surface area contributed by atoms with Crippen LogP contribution in [0.5, 0.6) is 5.75 Å². The molecular formula is C22H28N2O3. The molecule has 0 aromatic heterocycles. The van der Waals surface area contributed by atoms with Crippen LogP contribution in [0.2, 0.25) is 0 Å². The van der Waals surface area contributed by atoms with Gasteiger partial charge in [0.25, 0.3) is 0 Å². The minimum atomic E-state index is -0.366. The number of carbonyl (C=O) groups is 2. The smallest absolute Gasteiger partial charge is 0.222 e. The Bertz CT molecular complexity index is 729. The molecule has 0 fully saturated rings. The molecule has 0 radical (unpaired) electrons. The van der Waals surface area contributed by atoms with Crippen molar-refractivity contribution < 1.29 is 14.3 Å². The maximum atomic E-state index is 12.5. The van der Waals surface area contributed by atoms with Gasteiger partial charge in [-0.25, -0.2) is 0 Å². The molecule has 5 nitrogen and oxygen atoms in total. The van der Waals surface area contributed by atoms with Crippen LogP contribution in [-0.2, 0) is 16.0 Å². The minimum absolute atomic E-state index is 0.0616. The van der Waals surface area contributed by atoms with E-state index in [4.69, 9.17) is 4.74 Å². The van der Waals surface area contributed by atoms with Crippen LogP contribution in [0.15, 0.2) is 54.6 Å². The molecule has 0 saturated carbocycles. The quantitative estimate of drug-likeness (QED) is 0.713. The highest BCUT2D eigenvalue weighted by molar-refractivity contribution is 5.79. The molecule has 144 valence electrons. The fourth-order valence-corrected chi connectivity index (χ4v) is 2.95. The zero-order valence-corrected chi connectivity index (χ0v) is 16.2. The van der Waals surface area contributed by atoms with Gasteiger partial charge in [-0.1, -0.05) is 42.5 Å². The summed E-state index contributed by atoms with van der Waals surface area (Å²) < 4.78 is 5.16. The van der Waals surface area contributed by atoms with E-state index < -0.39 is 0 Å². The van der Waals surface area contributed by atoms with Gasteiger partial charge in [0.1, 0.15) is 5.75 Å². The Kier molecular flexibility index (Phi) is 7.86. The topological polar surface area (TPSA) is 67.4 Å². The summed E-state index contributed by atoms with van der Waals surface area (Å²) in [5, 5.41) is 5.89. The van der Waals surface area contributed by atoms with Crippen LogP contribution in [0.4, 0.5) is 0 Å². The van der Waals surface area contributed by atoms with Gasteiger partial charge in [0.15, 0.2) is 0 Å². The standard InChI is InChI=1S/C22H28N2O3/c1-16(9-10-18-7-5-4-6-8-18)23-22(26)15-21(24-17(2)25)19-11-13-20(27-3)14-12-19/h4-8,11-14,16,21H,9-10,15H2,1-3H3,(H,23,26)(H,24,25). The van der Waals surface area contributed by atoms with Crippen molar-refractivity contribution >= 4 is 11.8 Å². The molecule has 2 N–H and O–H groups in total. The lowest BCUT2D eigenvalue weighted by Crippen LogP contribution is -2.37. The molecule has 2 aromatic rings. The summed E-state index contributed by atoms with van der Waals surface area (Å²) in [6.07, 6.45) is 1.97. The SMILES string of the molecule is COc1ccc(C(CC(=O)NC(C)CCc2ccccc2)NC(C)=O)cc1. The van der Waals surface area contributed by atoms with Gasteiger partial charge in [-0.2, -0.15) is 0 Å². The number of ether oxygens (including phenoxy) is 1. The first kappa shape index (κ1) is 20.5. The van der Waals surface area contributed by atoms with Crippen molar-refractivity contribution in [3.05, 3.63) is 65.7 Å². The van der Waals surface area contributed by atoms with E-state index in [1.54, 1.807) is 7.11 Å². The van der Waals surface area contributed by atoms with E-state index in [-0.39, 0.29) is 30.3 Å². The molecule has 0 saturated heterocycles. The normalized spacial score (nSPS) is 12.7. The van der Waals surface area contributed by atoms with E-state index in [0.29, 0.717) is 0 Å². The summed E-state index contributed by atoms with van der Waals surface area (Å²) in [7, 11) is 1.60. The monoisotopic (exact) mass is 368 g/mol. The van der Waals surface area contributed by atoms with Crippen LogP contribution in [0.3, 0.4) is 0 Å². The minimum Gasteiger partial charge on any atom is -0.497 e. The lowest BCUT2D eigenvalue weighted by Gasteiger charge is -2.20. The highest BCUT2D eigenvalue weighted by Crippen LogP contribution is 2.20. The van der Waals surface area contributed by atoms with Gasteiger partial charge < -0.3 is 15.4 Å². The molecule has 2 aromatic carbocycles. The summed E-state index contributed by atoms with van der Waals surface area (Å²) in [4.78, 5) is 24.0. The molecule has 0 heterocycles. The summed E-state index contributed by atoms with van der Waals surface area (Å²) >= 11 is 0. The molecule has 2 rings (SSSR count). The summed E-state index contributed by atoms with van der Waals surface area (Å²) in [6.45, 7) is 3.46. The number of hydrogen-bond donors (Lipinski definition) is 2. The first-order chi connectivity index (χ1) is 13.0. The van der Waals surface area contributed by atoms with Crippen molar-refractivity contribution in [2.24, 2.45) is 0 Å². The van der Waals surface area contributed by atoms with Crippen LogP contribution < -0.4 is 15.4 Å². The Labute approximate surface area is 161 Å². The largest absolute Gasteiger partial charge is 0.497 e. The Balaban J connectivity index is 1.91. The Morgan fingerprint density at radius 2 is 1.67 bits per heavy atom. The van der Waals surface area contributed by atoms with Gasteiger partial charge in [-0.3, -0.25) is 9.59 Å². The van der Waals surface area contributed by atoms with Crippen molar-refractivity contribution in [2.45, 2.75) is 45.2 Å². The van der Waals surface area contributed by atoms with Gasteiger partial charge in [0.2, 0.25) is 11.8 Å². The maximum absolute atomic E-state index is 12.5. The first-order valence-electron chi connectivity index (χ1n) is 9.22. The highest BCUT2D eigenvalue weighted by Gasteiger charge is 2.18. The van der Waals surface area contributed by atoms with Crippen LogP contribution in [0.25, 0.3) is 0 Å². The lowest BCUT2D eigenvalue weighted by atomic mass is 10.0. The lowest BCUT2D eigenvalue weighted by molar-refractivity contribution is -0.123. The zero-order chi connectivity index (χ0) is 19.6. The molecule has 2 amide bonds. The maximum Gasteiger partial charge on any atom is 0.222 e. The van der Waals surface area contributed by atoms with Gasteiger partial charge in [0, 0.05) is 13.0 Å². The Morgan fingerprint density at radius 3 is 2.26 bits per heavy atom. The summed E-state index contributed by atoms with van der Waals surface area (Å²) in [6, 6.07) is 17.3. The highest BCUT2D eigenvalue weighted by atomic mass is 16.5. The number of benzene rings is 2. The molecular weight excluding hydrogens is 340 g/mol. The van der Waals surface area contributed by atoms with Crippen molar-refractivity contribution in [1.82, 2.24) is 10.6 Å². The third kappa shape index (κ3) is 7.13. The number of nitrogens with one attached hydrogen (secondary N) is 2. The van der Waals surface area contributed by atoms with E-state index in [1.165, 1.54) is 12.5 Å². The molecule has 2 atom stereocenters. The van der Waals surface area contributed by atoms with Gasteiger partial charge in [-0.15, -0.1) is 0 Å². The van der Waals surface area contributed by atoms with E-state index in [2.05, 4.69) is 22.8 Å². The number of rotatable bonds is 9. The predicted molar refractivity (Wildman–Crippen MR) is 107 cm³/mol. The van der Waals surface area contributed by atoms with E-state index >= 15 is 0 Å². The second kappa shape index (κ2) is 10.4. The zero-order valence-electron chi connectivity index (χ0n) is 16.2. The van der Waals surface area contributed by atoms with Crippen molar-refractivity contribution in [3.63, 3.8) is 0 Å². The number of hydrogen-bond acceptors (Lipinski definition) is 3. The van der Waals surface area contributed by atoms with Crippen LogP contribution in [0.1, 0.15) is 43.9 Å². The number of methoxy groups -OCH3 is 1. The van der Waals surface area contributed by atoms with E-state index in [9.17, 15) is 9.59 Å². The molecule has 0 aliphatic rings. The molecule has 27 heavy (non-hydrogen) atoms. The third-order valence-electron chi connectivity index (χ3n) is 4.40. The fourth-order valence-electron chi connectivity index (χ4n) is 2.95. The van der Waals surface area contributed by atoms with Crippen molar-refractivity contribution in [3.8, 4) is 5.75 Å². The van der Waals surface area contributed by atoms with Gasteiger partial charge in [-0.05, 0) is 43.0 Å². The molecule has 0 bridgehead atoms. The number of aryl methyl sites for hydroxylation is 1. The van der Waals surface area contributed by atoms with Crippen LogP contribution in [-0.4, -0.2) is 25.0 Å².